The van der Waals surface area contributed by atoms with Crippen LogP contribution in [0.3, 0.4) is 0 Å². The quantitative estimate of drug-likeness (QED) is 0.810. The lowest BCUT2D eigenvalue weighted by Crippen LogP contribution is -2.17. The number of aryl methyl sites for hydroxylation is 1. The largest absolute Gasteiger partial charge is 0.457 e. The highest BCUT2D eigenvalue weighted by atomic mass is 35.5. The summed E-state index contributed by atoms with van der Waals surface area (Å²) in [7, 11) is 1.62. The molecule has 4 nitrogen and oxygen atoms in total. The van der Waals surface area contributed by atoms with Gasteiger partial charge in [0.1, 0.15) is 6.61 Å². The molecule has 2 aromatic rings. The van der Waals surface area contributed by atoms with Crippen LogP contribution >= 0.6 is 11.6 Å². The van der Waals surface area contributed by atoms with Gasteiger partial charge in [-0.05, 0) is 23.8 Å². The first kappa shape index (κ1) is 13.4. The van der Waals surface area contributed by atoms with Gasteiger partial charge in [0.2, 0.25) is 0 Å². The minimum Gasteiger partial charge on any atom is -0.457 e. The summed E-state index contributed by atoms with van der Waals surface area (Å²) in [5.41, 5.74) is 0.833. The molecule has 0 fully saturated rings. The van der Waals surface area contributed by atoms with E-state index in [1.165, 1.54) is 16.8 Å². The third-order valence-corrected chi connectivity index (χ3v) is 2.88. The van der Waals surface area contributed by atoms with Gasteiger partial charge in [-0.25, -0.2) is 4.79 Å². The van der Waals surface area contributed by atoms with Gasteiger partial charge in [0.15, 0.2) is 0 Å². The van der Waals surface area contributed by atoms with Gasteiger partial charge in [-0.1, -0.05) is 23.7 Å². The number of pyridine rings is 1. The van der Waals surface area contributed by atoms with Gasteiger partial charge in [0, 0.05) is 24.3 Å². The highest BCUT2D eigenvalue weighted by molar-refractivity contribution is 6.30. The summed E-state index contributed by atoms with van der Waals surface area (Å²) in [6, 6.07) is 9.81. The summed E-state index contributed by atoms with van der Waals surface area (Å²) >= 11 is 5.76. The summed E-state index contributed by atoms with van der Waals surface area (Å²) in [4.78, 5) is 23.1. The van der Waals surface area contributed by atoms with Crippen LogP contribution in [0.2, 0.25) is 5.02 Å². The van der Waals surface area contributed by atoms with Crippen LogP contribution in [0.1, 0.15) is 15.9 Å². The molecule has 98 valence electrons. The molecule has 0 aliphatic rings. The second-order valence-corrected chi connectivity index (χ2v) is 4.50. The van der Waals surface area contributed by atoms with E-state index in [9.17, 15) is 9.59 Å². The lowest BCUT2D eigenvalue weighted by atomic mass is 10.2. The molecule has 0 N–H and O–H groups in total. The van der Waals surface area contributed by atoms with E-state index in [0.29, 0.717) is 5.02 Å². The second kappa shape index (κ2) is 5.71. The Hall–Kier alpha value is -2.07. The first-order valence-electron chi connectivity index (χ1n) is 5.64. The zero-order chi connectivity index (χ0) is 13.8. The number of nitrogens with zero attached hydrogens (tertiary/aromatic N) is 1. The summed E-state index contributed by atoms with van der Waals surface area (Å²) < 4.78 is 6.50. The number of ether oxygens (including phenoxy) is 1. The fourth-order valence-corrected chi connectivity index (χ4v) is 1.61. The summed E-state index contributed by atoms with van der Waals surface area (Å²) in [5.74, 6) is -0.521. The van der Waals surface area contributed by atoms with E-state index in [1.54, 1.807) is 37.4 Å². The molecule has 0 atom stereocenters. The Labute approximate surface area is 115 Å². The molecule has 5 heteroatoms. The Balaban J connectivity index is 2.03. The van der Waals surface area contributed by atoms with Gasteiger partial charge in [0.25, 0.3) is 5.56 Å². The highest BCUT2D eigenvalue weighted by Crippen LogP contribution is 2.11. The number of carbonyl (C=O) groups is 1. The van der Waals surface area contributed by atoms with Crippen molar-refractivity contribution in [1.29, 1.82) is 0 Å². The van der Waals surface area contributed by atoms with Crippen LogP contribution < -0.4 is 5.56 Å². The lowest BCUT2D eigenvalue weighted by molar-refractivity contribution is 0.0472. The van der Waals surface area contributed by atoms with E-state index in [1.807, 2.05) is 0 Å². The van der Waals surface area contributed by atoms with Crippen molar-refractivity contribution >= 4 is 17.6 Å². The average molecular weight is 278 g/mol. The Bertz CT molecular complexity index is 646. The molecule has 0 spiro atoms. The first-order chi connectivity index (χ1) is 9.06. The van der Waals surface area contributed by atoms with E-state index >= 15 is 0 Å². The topological polar surface area (TPSA) is 48.3 Å². The lowest BCUT2D eigenvalue weighted by Gasteiger charge is -2.05. The van der Waals surface area contributed by atoms with Crippen LogP contribution in [-0.2, 0) is 18.4 Å². The predicted molar refractivity (Wildman–Crippen MR) is 72.3 cm³/mol. The Morgan fingerprint density at radius 2 is 1.95 bits per heavy atom. The Morgan fingerprint density at radius 1 is 1.26 bits per heavy atom. The molecule has 1 aromatic carbocycles. The third-order valence-electron chi connectivity index (χ3n) is 2.62. The van der Waals surface area contributed by atoms with E-state index in [4.69, 9.17) is 16.3 Å². The SMILES string of the molecule is Cn1ccc(C(=O)OCc2ccc(Cl)cc2)cc1=O. The van der Waals surface area contributed by atoms with Crippen molar-refractivity contribution in [3.8, 4) is 0 Å². The number of hydrogen-bond donors (Lipinski definition) is 0. The Morgan fingerprint density at radius 3 is 2.58 bits per heavy atom. The molecule has 19 heavy (non-hydrogen) atoms. The molecule has 0 bridgehead atoms. The smallest absolute Gasteiger partial charge is 0.338 e. The molecule has 0 radical (unpaired) electrons. The molecule has 0 aliphatic heterocycles. The normalized spacial score (nSPS) is 10.2. The molecular formula is C14H12ClNO3. The maximum atomic E-state index is 11.8. The number of carbonyl (C=O) groups excluding carboxylic acids is 1. The van der Waals surface area contributed by atoms with Gasteiger partial charge < -0.3 is 9.30 Å². The minimum absolute atomic E-state index is 0.144. The maximum absolute atomic E-state index is 11.8. The standard InChI is InChI=1S/C14H12ClNO3/c1-16-7-6-11(8-13(16)17)14(18)19-9-10-2-4-12(15)5-3-10/h2-8H,9H2,1H3. The fourth-order valence-electron chi connectivity index (χ4n) is 1.49. The molecule has 1 heterocycles. The molecule has 2 rings (SSSR count). The second-order valence-electron chi connectivity index (χ2n) is 4.07. The summed E-state index contributed by atoms with van der Waals surface area (Å²) in [6.07, 6.45) is 1.53. The average Bonchev–Trinajstić information content (AvgIpc) is 2.41. The maximum Gasteiger partial charge on any atom is 0.338 e. The van der Waals surface area contributed by atoms with Crippen molar-refractivity contribution in [3.63, 3.8) is 0 Å². The van der Waals surface area contributed by atoms with Crippen LogP contribution in [-0.4, -0.2) is 10.5 Å². The van der Waals surface area contributed by atoms with Crippen LogP contribution in [0.25, 0.3) is 0 Å². The van der Waals surface area contributed by atoms with E-state index in [0.717, 1.165) is 5.56 Å². The number of esters is 1. The van der Waals surface area contributed by atoms with Crippen molar-refractivity contribution in [1.82, 2.24) is 4.57 Å². The van der Waals surface area contributed by atoms with Crippen molar-refractivity contribution in [3.05, 3.63) is 69.1 Å². The minimum atomic E-state index is -0.521. The highest BCUT2D eigenvalue weighted by Gasteiger charge is 2.08. The van der Waals surface area contributed by atoms with Crippen LogP contribution in [0.4, 0.5) is 0 Å². The number of aromatic nitrogens is 1. The number of halogens is 1. The van der Waals surface area contributed by atoms with Crippen molar-refractivity contribution < 1.29 is 9.53 Å². The summed E-state index contributed by atoms with van der Waals surface area (Å²) in [5, 5.41) is 0.627. The van der Waals surface area contributed by atoms with Gasteiger partial charge in [-0.15, -0.1) is 0 Å². The van der Waals surface area contributed by atoms with Crippen LogP contribution in [0.5, 0.6) is 0 Å². The number of benzene rings is 1. The monoisotopic (exact) mass is 277 g/mol. The van der Waals surface area contributed by atoms with E-state index < -0.39 is 5.97 Å². The predicted octanol–water partition coefficient (Wildman–Crippen LogP) is 2.40. The van der Waals surface area contributed by atoms with Gasteiger partial charge in [0.05, 0.1) is 5.56 Å². The fraction of sp³-hybridized carbons (Fsp3) is 0.143. The van der Waals surface area contributed by atoms with Crippen LogP contribution in [0, 0.1) is 0 Å². The van der Waals surface area contributed by atoms with Crippen molar-refractivity contribution in [2.75, 3.05) is 0 Å². The van der Waals surface area contributed by atoms with E-state index in [2.05, 4.69) is 0 Å². The summed E-state index contributed by atoms with van der Waals surface area (Å²) in [6.45, 7) is 0.144. The van der Waals surface area contributed by atoms with Gasteiger partial charge in [-0.3, -0.25) is 4.79 Å². The van der Waals surface area contributed by atoms with Crippen molar-refractivity contribution in [2.24, 2.45) is 7.05 Å². The zero-order valence-corrected chi connectivity index (χ0v) is 11.1. The third kappa shape index (κ3) is 3.45. The Kier molecular flexibility index (Phi) is 4.02. The zero-order valence-electron chi connectivity index (χ0n) is 10.3. The first-order valence-corrected chi connectivity index (χ1v) is 6.02. The number of hydrogen-bond acceptors (Lipinski definition) is 3. The van der Waals surface area contributed by atoms with Crippen LogP contribution in [0.15, 0.2) is 47.4 Å². The molecule has 0 amide bonds. The van der Waals surface area contributed by atoms with Gasteiger partial charge in [-0.2, -0.15) is 0 Å². The molecular weight excluding hydrogens is 266 g/mol. The van der Waals surface area contributed by atoms with E-state index in [-0.39, 0.29) is 17.7 Å². The van der Waals surface area contributed by atoms with Gasteiger partial charge >= 0.3 is 5.97 Å². The molecule has 0 saturated carbocycles. The van der Waals surface area contributed by atoms with Crippen molar-refractivity contribution in [2.45, 2.75) is 6.61 Å². The number of rotatable bonds is 3. The molecule has 1 aromatic heterocycles. The molecule has 0 aliphatic carbocycles. The molecule has 0 unspecified atom stereocenters. The molecule has 0 saturated heterocycles.